The Labute approximate surface area is 127 Å². The lowest BCUT2D eigenvalue weighted by Crippen LogP contribution is -2.01. The van der Waals surface area contributed by atoms with Crippen LogP contribution in [0.4, 0.5) is 0 Å². The molecule has 0 atom stereocenters. The Bertz CT molecular complexity index is 783. The normalized spacial score (nSPS) is 11.3. The lowest BCUT2D eigenvalue weighted by molar-refractivity contribution is 0.0692. The lowest BCUT2D eigenvalue weighted by atomic mass is 10.2. The molecule has 1 N–H and O–H groups in total. The van der Waals surface area contributed by atoms with Crippen LogP contribution >= 0.6 is 11.8 Å². The predicted molar refractivity (Wildman–Crippen MR) is 79.6 cm³/mol. The zero-order chi connectivity index (χ0) is 15.6. The van der Waals surface area contributed by atoms with Gasteiger partial charge in [-0.25, -0.2) is 13.2 Å². The van der Waals surface area contributed by atoms with Crippen LogP contribution in [0, 0.1) is 6.92 Å². The third-order valence-electron chi connectivity index (χ3n) is 2.71. The number of carbonyl (C=O) groups is 1. The van der Waals surface area contributed by atoms with Gasteiger partial charge in [-0.15, -0.1) is 0 Å². The zero-order valence-electron chi connectivity index (χ0n) is 11.4. The van der Waals surface area contributed by atoms with Gasteiger partial charge in [-0.05, 0) is 37.3 Å². The van der Waals surface area contributed by atoms with Crippen molar-refractivity contribution < 1.29 is 18.3 Å². The van der Waals surface area contributed by atoms with Crippen LogP contribution in [0.15, 0.2) is 51.2 Å². The maximum absolute atomic E-state index is 11.4. The monoisotopic (exact) mass is 323 g/mol. The molecule has 5 nitrogen and oxygen atoms in total. The molecular formula is C14H13NO4S2. The topological polar surface area (TPSA) is 84.3 Å². The van der Waals surface area contributed by atoms with Gasteiger partial charge in [0.05, 0.1) is 10.5 Å². The number of carboxylic acids is 1. The summed E-state index contributed by atoms with van der Waals surface area (Å²) in [6.45, 7) is 1.78. The van der Waals surface area contributed by atoms with Crippen LogP contribution in [0.3, 0.4) is 0 Å². The number of pyridine rings is 1. The van der Waals surface area contributed by atoms with E-state index in [0.29, 0.717) is 4.90 Å². The van der Waals surface area contributed by atoms with Crippen LogP contribution in [0.5, 0.6) is 0 Å². The van der Waals surface area contributed by atoms with E-state index in [2.05, 4.69) is 4.98 Å². The van der Waals surface area contributed by atoms with Gasteiger partial charge >= 0.3 is 5.97 Å². The van der Waals surface area contributed by atoms with E-state index in [9.17, 15) is 13.2 Å². The van der Waals surface area contributed by atoms with E-state index in [1.807, 2.05) is 0 Å². The molecule has 0 bridgehead atoms. The molecule has 0 spiro atoms. The number of rotatable bonds is 4. The number of benzene rings is 1. The Balaban J connectivity index is 2.34. The van der Waals surface area contributed by atoms with E-state index in [-0.39, 0.29) is 10.5 Å². The van der Waals surface area contributed by atoms with Crippen molar-refractivity contribution in [1.82, 2.24) is 4.98 Å². The Kier molecular flexibility index (Phi) is 4.34. The fourth-order valence-electron chi connectivity index (χ4n) is 1.66. The highest BCUT2D eigenvalue weighted by atomic mass is 32.2. The molecule has 0 saturated carbocycles. The summed E-state index contributed by atoms with van der Waals surface area (Å²) in [5.74, 6) is -1.04. The van der Waals surface area contributed by atoms with Crippen molar-refractivity contribution in [2.45, 2.75) is 21.6 Å². The van der Waals surface area contributed by atoms with Crippen molar-refractivity contribution in [3.63, 3.8) is 0 Å². The van der Waals surface area contributed by atoms with Gasteiger partial charge < -0.3 is 5.11 Å². The molecule has 1 heterocycles. The minimum absolute atomic E-state index is 0.123. The van der Waals surface area contributed by atoms with E-state index in [1.165, 1.54) is 30.1 Å². The Morgan fingerprint density at radius 1 is 1.24 bits per heavy atom. The molecule has 21 heavy (non-hydrogen) atoms. The predicted octanol–water partition coefficient (Wildman–Crippen LogP) is 2.64. The number of aromatic nitrogens is 1. The molecular weight excluding hydrogens is 310 g/mol. The quantitative estimate of drug-likeness (QED) is 0.931. The fraction of sp³-hybridized carbons (Fsp3) is 0.143. The first-order valence-electron chi connectivity index (χ1n) is 5.95. The minimum Gasteiger partial charge on any atom is -0.478 e. The summed E-state index contributed by atoms with van der Waals surface area (Å²) >= 11 is 1.26. The highest BCUT2D eigenvalue weighted by molar-refractivity contribution is 7.99. The Morgan fingerprint density at radius 2 is 1.86 bits per heavy atom. The Morgan fingerprint density at radius 3 is 2.38 bits per heavy atom. The van der Waals surface area contributed by atoms with Crippen LogP contribution in [0.1, 0.15) is 16.1 Å². The summed E-state index contributed by atoms with van der Waals surface area (Å²) in [6, 6.07) is 8.02. The van der Waals surface area contributed by atoms with E-state index in [1.54, 1.807) is 25.1 Å². The maximum atomic E-state index is 11.4. The average Bonchev–Trinajstić information content (AvgIpc) is 2.38. The minimum atomic E-state index is -3.23. The van der Waals surface area contributed by atoms with Gasteiger partial charge in [-0.3, -0.25) is 4.98 Å². The summed E-state index contributed by atoms with van der Waals surface area (Å²) < 4.78 is 22.8. The maximum Gasteiger partial charge on any atom is 0.338 e. The number of carboxylic acid groups (broad SMARTS) is 1. The van der Waals surface area contributed by atoms with Gasteiger partial charge in [0.25, 0.3) is 0 Å². The smallest absolute Gasteiger partial charge is 0.338 e. The van der Waals surface area contributed by atoms with Gasteiger partial charge in [-0.2, -0.15) is 0 Å². The number of nitrogens with zero attached hydrogens (tertiary/aromatic N) is 1. The lowest BCUT2D eigenvalue weighted by Gasteiger charge is -2.07. The first kappa shape index (κ1) is 15.5. The highest BCUT2D eigenvalue weighted by Crippen LogP contribution is 2.31. The highest BCUT2D eigenvalue weighted by Gasteiger charge is 2.13. The van der Waals surface area contributed by atoms with E-state index < -0.39 is 15.8 Å². The van der Waals surface area contributed by atoms with Crippen LogP contribution in [-0.4, -0.2) is 30.7 Å². The number of sulfone groups is 1. The third-order valence-corrected chi connectivity index (χ3v) is 4.91. The van der Waals surface area contributed by atoms with Gasteiger partial charge in [0.15, 0.2) is 9.84 Å². The summed E-state index contributed by atoms with van der Waals surface area (Å²) in [5.41, 5.74) is 0.841. The molecule has 0 unspecified atom stereocenters. The van der Waals surface area contributed by atoms with Crippen LogP contribution in [-0.2, 0) is 9.84 Å². The average molecular weight is 323 g/mol. The standard InChI is InChI=1S/C14H13NO4S2/c1-9-7-13(12(8-15-9)14(16)17)20-10-3-5-11(6-4-10)21(2,18)19/h3-8H,1-2H3,(H,16,17). The van der Waals surface area contributed by atoms with Gasteiger partial charge in [0.2, 0.25) is 0 Å². The van der Waals surface area contributed by atoms with Crippen molar-refractivity contribution in [3.05, 3.63) is 47.8 Å². The van der Waals surface area contributed by atoms with Crippen molar-refractivity contribution in [2.75, 3.05) is 6.26 Å². The molecule has 0 aliphatic carbocycles. The molecule has 2 rings (SSSR count). The summed E-state index contributed by atoms with van der Waals surface area (Å²) in [4.78, 5) is 16.7. The molecule has 0 saturated heterocycles. The second-order valence-corrected chi connectivity index (χ2v) is 7.60. The Hall–Kier alpha value is -1.86. The molecule has 1 aromatic heterocycles. The van der Waals surface area contributed by atoms with Crippen LogP contribution in [0.25, 0.3) is 0 Å². The molecule has 0 radical (unpaired) electrons. The third kappa shape index (κ3) is 3.83. The van der Waals surface area contributed by atoms with E-state index >= 15 is 0 Å². The summed E-state index contributed by atoms with van der Waals surface area (Å²) in [5, 5.41) is 9.15. The molecule has 0 aliphatic rings. The second kappa shape index (κ2) is 5.87. The second-order valence-electron chi connectivity index (χ2n) is 4.47. The summed E-state index contributed by atoms with van der Waals surface area (Å²) in [7, 11) is -3.23. The largest absolute Gasteiger partial charge is 0.478 e. The fourth-order valence-corrected chi connectivity index (χ4v) is 3.30. The van der Waals surface area contributed by atoms with Crippen LogP contribution in [0.2, 0.25) is 0 Å². The summed E-state index contributed by atoms with van der Waals surface area (Å²) in [6.07, 6.45) is 2.47. The van der Waals surface area contributed by atoms with Crippen molar-refractivity contribution in [1.29, 1.82) is 0 Å². The molecule has 0 fully saturated rings. The van der Waals surface area contributed by atoms with Crippen LogP contribution < -0.4 is 0 Å². The van der Waals surface area contributed by atoms with E-state index in [4.69, 9.17) is 5.11 Å². The molecule has 2 aromatic rings. The molecule has 0 aliphatic heterocycles. The molecule has 1 aromatic carbocycles. The zero-order valence-corrected chi connectivity index (χ0v) is 13.0. The number of aryl methyl sites for hydroxylation is 1. The number of hydrogen-bond donors (Lipinski definition) is 1. The first-order chi connectivity index (χ1) is 9.77. The van der Waals surface area contributed by atoms with Gasteiger partial charge in [-0.1, -0.05) is 11.8 Å². The van der Waals surface area contributed by atoms with Crippen molar-refractivity contribution in [2.24, 2.45) is 0 Å². The van der Waals surface area contributed by atoms with Gasteiger partial charge in [0.1, 0.15) is 0 Å². The first-order valence-corrected chi connectivity index (χ1v) is 8.66. The van der Waals surface area contributed by atoms with E-state index in [0.717, 1.165) is 16.8 Å². The number of aromatic carboxylic acids is 1. The van der Waals surface area contributed by atoms with Gasteiger partial charge in [0, 0.05) is 27.9 Å². The molecule has 110 valence electrons. The number of hydrogen-bond acceptors (Lipinski definition) is 5. The molecule has 0 amide bonds. The van der Waals surface area contributed by atoms with Crippen molar-refractivity contribution >= 4 is 27.6 Å². The van der Waals surface area contributed by atoms with Crippen molar-refractivity contribution in [3.8, 4) is 0 Å². The SMILES string of the molecule is Cc1cc(Sc2ccc(S(C)(=O)=O)cc2)c(C(=O)O)cn1. The molecule has 7 heteroatoms.